The van der Waals surface area contributed by atoms with Crippen molar-refractivity contribution in [3.63, 3.8) is 0 Å². The van der Waals surface area contributed by atoms with Crippen molar-refractivity contribution in [3.8, 4) is 0 Å². The van der Waals surface area contributed by atoms with Crippen LogP contribution in [0.5, 0.6) is 0 Å². The Hall–Kier alpha value is -2.86. The minimum atomic E-state index is -3.98. The average Bonchev–Trinajstić information content (AvgIpc) is 2.91. The second kappa shape index (κ2) is 15.2. The standard InChI is InChI=1S/C24H20N2O2S.C9H12.ClH.Ru/c25-23(19-11-3-1-4-12-19)24(20-13-5-2-6-14-20)26-29(27,28)22-17-9-15-18-10-7-8-16-21(18)22;1-7-4-8(2)6-9(3)5-7;;/h1-17,23-25H;4-6H,1-3H3;1H;/q-2;;;+3/p-1/t23-,24-;;;/m0.../s1. The number of hydrogen-bond donors (Lipinski definition) is 0. The van der Waals surface area contributed by atoms with Gasteiger partial charge in [-0.05, 0) is 37.6 Å². The largest absolute Gasteiger partial charge is 3.00 e. The summed E-state index contributed by atoms with van der Waals surface area (Å²) in [6.07, 6.45) is 0. The summed E-state index contributed by atoms with van der Waals surface area (Å²) >= 11 is 0. The average molecular weight is 657 g/mol. The van der Waals surface area contributed by atoms with Crippen molar-refractivity contribution in [1.29, 1.82) is 0 Å². The van der Waals surface area contributed by atoms with Crippen LogP contribution in [-0.4, -0.2) is 8.42 Å². The van der Waals surface area contributed by atoms with Crippen LogP contribution >= 0.6 is 0 Å². The summed E-state index contributed by atoms with van der Waals surface area (Å²) in [4.78, 5) is 0.164. The van der Waals surface area contributed by atoms with E-state index in [1.165, 1.54) is 16.7 Å². The van der Waals surface area contributed by atoms with Gasteiger partial charge in [-0.3, -0.25) is 0 Å². The molecule has 1 N–H and O–H groups in total. The van der Waals surface area contributed by atoms with E-state index in [9.17, 15) is 8.42 Å². The zero-order valence-electron chi connectivity index (χ0n) is 22.6. The van der Waals surface area contributed by atoms with Crippen LogP contribution in [0.2, 0.25) is 0 Å². The predicted octanol–water partition coefficient (Wildman–Crippen LogP) is 6.05. The number of fused-ring (bicyclic) bond motifs is 1. The molecule has 0 spiro atoms. The summed E-state index contributed by atoms with van der Waals surface area (Å²) in [5, 5.41) is 1.47. The third-order valence-corrected chi connectivity index (χ3v) is 7.68. The molecule has 0 heterocycles. The maximum atomic E-state index is 13.3. The molecule has 0 saturated carbocycles. The van der Waals surface area contributed by atoms with Gasteiger partial charge in [0.15, 0.2) is 0 Å². The number of benzene rings is 5. The number of rotatable bonds is 6. The Balaban J connectivity index is 0.000000437. The van der Waals surface area contributed by atoms with E-state index in [1.807, 2.05) is 84.9 Å². The molecule has 0 bridgehead atoms. The molecule has 5 aromatic rings. The predicted molar refractivity (Wildman–Crippen MR) is 158 cm³/mol. The molecule has 1 radical (unpaired) electrons. The second-order valence-corrected chi connectivity index (χ2v) is 11.1. The van der Waals surface area contributed by atoms with E-state index in [-0.39, 0.29) is 36.8 Å². The summed E-state index contributed by atoms with van der Waals surface area (Å²) in [6.45, 7) is 6.38. The molecule has 40 heavy (non-hydrogen) atoms. The maximum Gasteiger partial charge on any atom is 3.00 e. The van der Waals surface area contributed by atoms with Crippen molar-refractivity contribution < 1.29 is 40.3 Å². The molecule has 0 aliphatic carbocycles. The van der Waals surface area contributed by atoms with E-state index in [0.29, 0.717) is 10.9 Å². The van der Waals surface area contributed by atoms with Gasteiger partial charge in [0.25, 0.3) is 0 Å². The number of aryl methyl sites for hydroxylation is 3. The van der Waals surface area contributed by atoms with E-state index in [4.69, 9.17) is 5.73 Å². The zero-order chi connectivity index (χ0) is 27.1. The molecule has 4 nitrogen and oxygen atoms in total. The van der Waals surface area contributed by atoms with E-state index < -0.39 is 22.1 Å². The minimum absolute atomic E-state index is 0. The number of nitrogens with zero attached hydrogens (tertiary/aromatic N) is 1. The van der Waals surface area contributed by atoms with E-state index in [2.05, 4.69) is 43.7 Å². The Morgan fingerprint density at radius 3 is 1.62 bits per heavy atom. The molecule has 0 unspecified atom stereocenters. The molecule has 0 amide bonds. The Morgan fingerprint density at radius 2 is 1.07 bits per heavy atom. The molecule has 0 aliphatic heterocycles. The van der Waals surface area contributed by atoms with Gasteiger partial charge in [0.2, 0.25) is 0 Å². The van der Waals surface area contributed by atoms with Gasteiger partial charge < -0.3 is 22.9 Å². The second-order valence-electron chi connectivity index (χ2n) is 9.47. The summed E-state index contributed by atoms with van der Waals surface area (Å²) in [6, 6.07) is 35.8. The van der Waals surface area contributed by atoms with Crippen molar-refractivity contribution in [1.82, 2.24) is 0 Å². The molecular weight excluding hydrogens is 625 g/mol. The third kappa shape index (κ3) is 8.57. The molecule has 7 heteroatoms. The van der Waals surface area contributed by atoms with Crippen LogP contribution in [0.1, 0.15) is 39.9 Å². The first-order chi connectivity index (χ1) is 18.2. The smallest absolute Gasteiger partial charge is 1.00 e. The van der Waals surface area contributed by atoms with Crippen LogP contribution < -0.4 is 12.4 Å². The fourth-order valence-electron chi connectivity index (χ4n) is 4.64. The SMILES string of the molecule is Cc1cc(C)cc(C)c1.[Cl-].[NH-][C@@H](c1ccccc1)[C@@H]([N-]S(=O)(=O)c1cccc2ccccc12)c1ccccc1.[Ru+3]. The van der Waals surface area contributed by atoms with Gasteiger partial charge in [-0.1, -0.05) is 143 Å². The van der Waals surface area contributed by atoms with Gasteiger partial charge in [0.05, 0.1) is 4.90 Å². The molecule has 0 fully saturated rings. The van der Waals surface area contributed by atoms with E-state index >= 15 is 0 Å². The van der Waals surface area contributed by atoms with Crippen molar-refractivity contribution in [2.75, 3.05) is 0 Å². The van der Waals surface area contributed by atoms with Crippen molar-refractivity contribution in [2.24, 2.45) is 0 Å². The van der Waals surface area contributed by atoms with Gasteiger partial charge in [-0.2, -0.15) is 0 Å². The molecule has 207 valence electrons. The molecular formula is C33H32ClN2O2RuS. The number of halogens is 1. The molecule has 0 aromatic heterocycles. The Bertz CT molecular complexity index is 1560. The Kier molecular flexibility index (Phi) is 12.7. The number of nitrogens with one attached hydrogen (secondary N) is 1. The van der Waals surface area contributed by atoms with Crippen LogP contribution in [0, 0.1) is 20.8 Å². The molecule has 2 atom stereocenters. The number of hydrogen-bond acceptors (Lipinski definition) is 2. The first kappa shape index (κ1) is 33.4. The molecule has 5 aromatic carbocycles. The summed E-state index contributed by atoms with van der Waals surface area (Å²) in [5.74, 6) is 0. The normalized spacial score (nSPS) is 12.2. The zero-order valence-corrected chi connectivity index (χ0v) is 25.9. The van der Waals surface area contributed by atoms with E-state index in [0.717, 1.165) is 10.9 Å². The number of sulfonamides is 1. The van der Waals surface area contributed by atoms with Crippen LogP contribution in [0.25, 0.3) is 21.2 Å². The molecule has 0 aliphatic rings. The Morgan fingerprint density at radius 1 is 0.625 bits per heavy atom. The van der Waals surface area contributed by atoms with Crippen LogP contribution in [-0.2, 0) is 29.5 Å². The van der Waals surface area contributed by atoms with Crippen LogP contribution in [0.15, 0.2) is 126 Å². The Labute approximate surface area is 257 Å². The first-order valence-electron chi connectivity index (χ1n) is 12.6. The molecule has 0 saturated heterocycles. The van der Waals surface area contributed by atoms with Gasteiger partial charge >= 0.3 is 19.5 Å². The van der Waals surface area contributed by atoms with Gasteiger partial charge in [-0.15, -0.1) is 12.1 Å². The van der Waals surface area contributed by atoms with Crippen LogP contribution in [0.3, 0.4) is 0 Å². The van der Waals surface area contributed by atoms with Gasteiger partial charge in [0.1, 0.15) is 10.0 Å². The monoisotopic (exact) mass is 657 g/mol. The third-order valence-electron chi connectivity index (χ3n) is 6.26. The quantitative estimate of drug-likeness (QED) is 0.209. The summed E-state index contributed by atoms with van der Waals surface area (Å²) < 4.78 is 30.9. The summed E-state index contributed by atoms with van der Waals surface area (Å²) in [7, 11) is -3.98. The van der Waals surface area contributed by atoms with Gasteiger partial charge in [-0.25, -0.2) is 8.42 Å². The van der Waals surface area contributed by atoms with Crippen molar-refractivity contribution >= 4 is 20.8 Å². The summed E-state index contributed by atoms with van der Waals surface area (Å²) in [5.41, 5.74) is 14.2. The van der Waals surface area contributed by atoms with Crippen molar-refractivity contribution in [3.05, 3.63) is 160 Å². The topological polar surface area (TPSA) is 72.0 Å². The fraction of sp³-hybridized carbons (Fsp3) is 0.152. The maximum absolute atomic E-state index is 13.3. The van der Waals surface area contributed by atoms with Gasteiger partial charge in [0, 0.05) is 0 Å². The van der Waals surface area contributed by atoms with E-state index in [1.54, 1.807) is 18.2 Å². The molecule has 5 rings (SSSR count). The van der Waals surface area contributed by atoms with Crippen molar-refractivity contribution in [2.45, 2.75) is 37.8 Å². The fourth-order valence-corrected chi connectivity index (χ4v) is 6.01. The minimum Gasteiger partial charge on any atom is -1.00 e. The first-order valence-corrected chi connectivity index (χ1v) is 14.0. The van der Waals surface area contributed by atoms with Crippen LogP contribution in [0.4, 0.5) is 0 Å².